The lowest BCUT2D eigenvalue weighted by atomic mass is 9.99. The molecule has 1 aromatic carbocycles. The number of carbonyl (C=O) groups excluding carboxylic acids is 1. The van der Waals surface area contributed by atoms with Crippen molar-refractivity contribution in [1.29, 1.82) is 0 Å². The summed E-state index contributed by atoms with van der Waals surface area (Å²) in [6, 6.07) is 9.14. The van der Waals surface area contributed by atoms with Gasteiger partial charge in [-0.3, -0.25) is 4.79 Å². The van der Waals surface area contributed by atoms with E-state index in [1.54, 1.807) is 12.1 Å². The molecule has 0 spiro atoms. The molecule has 86 valence electrons. The Kier molecular flexibility index (Phi) is 3.36. The first-order valence-electron chi connectivity index (χ1n) is 5.75. The van der Waals surface area contributed by atoms with E-state index in [-0.39, 0.29) is 5.78 Å². The molecule has 3 heteroatoms. The zero-order valence-electron chi connectivity index (χ0n) is 9.44. The molecule has 2 rings (SSSR count). The Morgan fingerprint density at radius 2 is 1.88 bits per heavy atom. The number of unbranched alkanes of at least 4 members (excludes halogenated alkanes) is 2. The van der Waals surface area contributed by atoms with Crippen molar-refractivity contribution in [3.63, 3.8) is 0 Å². The second-order valence-corrected chi connectivity index (χ2v) is 4.07. The highest BCUT2D eigenvalue weighted by atomic mass is 17.4. The molecular formula is C13H16O3. The fourth-order valence-electron chi connectivity index (χ4n) is 1.74. The second-order valence-electron chi connectivity index (χ2n) is 4.07. The maximum Gasteiger partial charge on any atom is 0.295 e. The molecule has 1 heterocycles. The summed E-state index contributed by atoms with van der Waals surface area (Å²) >= 11 is 0. The molecule has 0 atom stereocenters. The first kappa shape index (κ1) is 11.3. The topological polar surface area (TPSA) is 42.1 Å². The van der Waals surface area contributed by atoms with E-state index in [9.17, 15) is 4.79 Å². The molecule has 0 unspecified atom stereocenters. The highest BCUT2D eigenvalue weighted by molar-refractivity contribution is 6.02. The maximum absolute atomic E-state index is 12.1. The van der Waals surface area contributed by atoms with E-state index in [4.69, 9.17) is 9.78 Å². The van der Waals surface area contributed by atoms with E-state index >= 15 is 0 Å². The van der Waals surface area contributed by atoms with Crippen LogP contribution in [-0.2, 0) is 9.78 Å². The highest BCUT2D eigenvalue weighted by Gasteiger charge is 2.55. The van der Waals surface area contributed by atoms with E-state index in [1.807, 2.05) is 18.2 Å². The standard InChI is InChI=1S/C13H16O3/c1-2-3-7-10-13(15-16-13)12(14)11-8-5-4-6-9-11/h4-6,8-9H,2-3,7,10H2,1H3. The molecule has 1 saturated heterocycles. The molecule has 0 aromatic heterocycles. The molecule has 0 radical (unpaired) electrons. The van der Waals surface area contributed by atoms with Gasteiger partial charge < -0.3 is 0 Å². The van der Waals surface area contributed by atoms with Crippen LogP contribution >= 0.6 is 0 Å². The summed E-state index contributed by atoms with van der Waals surface area (Å²) in [5.74, 6) is -1.04. The Morgan fingerprint density at radius 1 is 1.19 bits per heavy atom. The molecule has 1 aliphatic heterocycles. The first-order chi connectivity index (χ1) is 7.78. The van der Waals surface area contributed by atoms with Crippen molar-refractivity contribution in [2.75, 3.05) is 0 Å². The number of carbonyl (C=O) groups is 1. The van der Waals surface area contributed by atoms with Crippen molar-refractivity contribution in [3.8, 4) is 0 Å². The van der Waals surface area contributed by atoms with Crippen LogP contribution in [0.5, 0.6) is 0 Å². The third-order valence-electron chi connectivity index (χ3n) is 2.78. The SMILES string of the molecule is CCCCCC1(C(=O)c2ccccc2)OO1. The summed E-state index contributed by atoms with van der Waals surface area (Å²) < 4.78 is 0. The number of benzene rings is 1. The van der Waals surface area contributed by atoms with Gasteiger partial charge in [0.05, 0.1) is 0 Å². The maximum atomic E-state index is 12.1. The number of ketones is 1. The third kappa shape index (κ3) is 2.31. The van der Waals surface area contributed by atoms with Gasteiger partial charge in [-0.25, -0.2) is 0 Å². The minimum absolute atomic E-state index is 0.0656. The van der Waals surface area contributed by atoms with Crippen LogP contribution in [0, 0.1) is 0 Å². The van der Waals surface area contributed by atoms with E-state index in [0.717, 1.165) is 19.3 Å². The monoisotopic (exact) mass is 220 g/mol. The van der Waals surface area contributed by atoms with Gasteiger partial charge in [0.25, 0.3) is 5.79 Å². The zero-order valence-corrected chi connectivity index (χ0v) is 9.44. The summed E-state index contributed by atoms with van der Waals surface area (Å²) in [6.45, 7) is 2.13. The van der Waals surface area contributed by atoms with Gasteiger partial charge in [0.2, 0.25) is 5.78 Å². The normalized spacial score (nSPS) is 17.1. The smallest absolute Gasteiger partial charge is 0.288 e. The summed E-state index contributed by atoms with van der Waals surface area (Å²) in [4.78, 5) is 21.9. The lowest BCUT2D eigenvalue weighted by molar-refractivity contribution is 0.0850. The van der Waals surface area contributed by atoms with Gasteiger partial charge in [-0.15, -0.1) is 0 Å². The lowest BCUT2D eigenvalue weighted by Crippen LogP contribution is -2.24. The predicted molar refractivity (Wildman–Crippen MR) is 59.8 cm³/mol. The van der Waals surface area contributed by atoms with Gasteiger partial charge in [0.15, 0.2) is 0 Å². The second kappa shape index (κ2) is 4.76. The molecule has 1 aliphatic rings. The van der Waals surface area contributed by atoms with Crippen molar-refractivity contribution in [1.82, 2.24) is 0 Å². The summed E-state index contributed by atoms with van der Waals surface area (Å²) in [6.07, 6.45) is 3.82. The van der Waals surface area contributed by atoms with Crippen molar-refractivity contribution >= 4 is 5.78 Å². The number of hydrogen-bond acceptors (Lipinski definition) is 3. The van der Waals surface area contributed by atoms with Gasteiger partial charge in [-0.1, -0.05) is 50.1 Å². The average molecular weight is 220 g/mol. The fraction of sp³-hybridized carbons (Fsp3) is 0.462. The molecule has 3 nitrogen and oxygen atoms in total. The van der Waals surface area contributed by atoms with Crippen LogP contribution in [0.3, 0.4) is 0 Å². The Labute approximate surface area is 95.3 Å². The molecule has 1 fully saturated rings. The number of Topliss-reactive ketones (excluding diaryl/α,β-unsaturated/α-hetero) is 1. The van der Waals surface area contributed by atoms with E-state index < -0.39 is 5.79 Å². The largest absolute Gasteiger partial charge is 0.295 e. The quantitative estimate of drug-likeness (QED) is 0.320. The Hall–Kier alpha value is -1.19. The van der Waals surface area contributed by atoms with Crippen LogP contribution in [0.4, 0.5) is 0 Å². The van der Waals surface area contributed by atoms with Crippen molar-refractivity contribution in [2.24, 2.45) is 0 Å². The van der Waals surface area contributed by atoms with Gasteiger partial charge in [-0.2, -0.15) is 9.78 Å². The van der Waals surface area contributed by atoms with Gasteiger partial charge in [-0.05, 0) is 6.42 Å². The van der Waals surface area contributed by atoms with Crippen molar-refractivity contribution in [2.45, 2.75) is 38.4 Å². The molecule has 0 saturated carbocycles. The minimum atomic E-state index is -0.976. The number of hydrogen-bond donors (Lipinski definition) is 0. The van der Waals surface area contributed by atoms with Crippen LogP contribution in [0.1, 0.15) is 43.0 Å². The van der Waals surface area contributed by atoms with E-state index in [0.29, 0.717) is 12.0 Å². The molecule has 16 heavy (non-hydrogen) atoms. The van der Waals surface area contributed by atoms with Gasteiger partial charge in [0, 0.05) is 12.0 Å². The highest BCUT2D eigenvalue weighted by Crippen LogP contribution is 2.38. The first-order valence-corrected chi connectivity index (χ1v) is 5.75. The third-order valence-corrected chi connectivity index (χ3v) is 2.78. The van der Waals surface area contributed by atoms with Crippen LogP contribution in [-0.4, -0.2) is 11.6 Å². The number of rotatable bonds is 6. The van der Waals surface area contributed by atoms with E-state index in [1.165, 1.54) is 0 Å². The van der Waals surface area contributed by atoms with Crippen molar-refractivity contribution < 1.29 is 14.6 Å². The van der Waals surface area contributed by atoms with Gasteiger partial charge in [0.1, 0.15) is 0 Å². The molecule has 0 amide bonds. The zero-order chi connectivity index (χ0) is 11.4. The summed E-state index contributed by atoms with van der Waals surface area (Å²) in [5, 5.41) is 0. The molecule has 0 aliphatic carbocycles. The van der Waals surface area contributed by atoms with Crippen LogP contribution in [0.15, 0.2) is 30.3 Å². The predicted octanol–water partition coefficient (Wildman–Crippen LogP) is 3.11. The molecule has 0 bridgehead atoms. The van der Waals surface area contributed by atoms with E-state index in [2.05, 4.69) is 6.92 Å². The van der Waals surface area contributed by atoms with Gasteiger partial charge >= 0.3 is 0 Å². The molecule has 1 aromatic rings. The summed E-state index contributed by atoms with van der Waals surface area (Å²) in [5.41, 5.74) is 0.650. The fourth-order valence-corrected chi connectivity index (χ4v) is 1.74. The van der Waals surface area contributed by atoms with Crippen LogP contribution in [0.2, 0.25) is 0 Å². The molecule has 0 N–H and O–H groups in total. The molecular weight excluding hydrogens is 204 g/mol. The Balaban J connectivity index is 1.99. The Bertz CT molecular complexity index is 355. The van der Waals surface area contributed by atoms with Crippen LogP contribution in [0.25, 0.3) is 0 Å². The summed E-state index contributed by atoms with van der Waals surface area (Å²) in [7, 11) is 0. The van der Waals surface area contributed by atoms with Crippen LogP contribution < -0.4 is 0 Å². The lowest BCUT2D eigenvalue weighted by Gasteiger charge is -2.05. The minimum Gasteiger partial charge on any atom is -0.288 e. The average Bonchev–Trinajstić information content (AvgIpc) is 3.11. The Morgan fingerprint density at radius 3 is 2.44 bits per heavy atom. The van der Waals surface area contributed by atoms with Crippen molar-refractivity contribution in [3.05, 3.63) is 35.9 Å².